The van der Waals surface area contributed by atoms with Crippen LogP contribution in [-0.4, -0.2) is 45.3 Å². The van der Waals surface area contributed by atoms with Crippen LogP contribution >= 0.6 is 0 Å². The normalized spacial score (nSPS) is 18.2. The van der Waals surface area contributed by atoms with E-state index < -0.39 is 0 Å². The molecular weight excluding hydrogens is 378 g/mol. The molecule has 8 heteroatoms. The van der Waals surface area contributed by atoms with Gasteiger partial charge in [-0.25, -0.2) is 4.98 Å². The number of nitrogens with one attached hydrogen (secondary N) is 2. The Kier molecular flexibility index (Phi) is 5.76. The third kappa shape index (κ3) is 4.04. The number of anilines is 2. The van der Waals surface area contributed by atoms with Crippen molar-refractivity contribution in [2.24, 2.45) is 0 Å². The fourth-order valence-corrected chi connectivity index (χ4v) is 4.07. The van der Waals surface area contributed by atoms with Crippen molar-refractivity contribution in [1.82, 2.24) is 25.1 Å². The van der Waals surface area contributed by atoms with E-state index in [0.29, 0.717) is 0 Å². The lowest BCUT2D eigenvalue weighted by Crippen LogP contribution is -2.43. The summed E-state index contributed by atoms with van der Waals surface area (Å²) in [6.45, 7) is 5.38. The number of carbonyl (C=O) groups excluding carboxylic acids is 1. The number of benzene rings is 1. The van der Waals surface area contributed by atoms with Gasteiger partial charge in [0, 0.05) is 49.4 Å². The summed E-state index contributed by atoms with van der Waals surface area (Å²) in [6, 6.07) is 6.37. The van der Waals surface area contributed by atoms with E-state index in [1.807, 2.05) is 28.9 Å². The predicted molar refractivity (Wildman–Crippen MR) is 117 cm³/mol. The third-order valence-electron chi connectivity index (χ3n) is 5.46. The number of likely N-dealkylation sites (N-methyl/N-ethyl adjacent to an activating group) is 1. The first kappa shape index (κ1) is 20.0. The summed E-state index contributed by atoms with van der Waals surface area (Å²) in [6.07, 6.45) is 9.78. The Morgan fingerprint density at radius 3 is 2.83 bits per heavy atom. The molecule has 2 aromatic heterocycles. The van der Waals surface area contributed by atoms with Crippen molar-refractivity contribution in [3.8, 4) is 11.1 Å². The molecular formula is C22H27N7O. The fourth-order valence-electron chi connectivity index (χ4n) is 4.07. The van der Waals surface area contributed by atoms with Gasteiger partial charge in [0.2, 0.25) is 5.91 Å². The van der Waals surface area contributed by atoms with Gasteiger partial charge in [0.1, 0.15) is 5.82 Å². The van der Waals surface area contributed by atoms with Crippen LogP contribution in [-0.2, 0) is 11.3 Å². The lowest BCUT2D eigenvalue weighted by Gasteiger charge is -2.39. The lowest BCUT2D eigenvalue weighted by atomic mass is 9.89. The Morgan fingerprint density at radius 2 is 2.10 bits per heavy atom. The molecule has 4 rings (SSSR count). The maximum absolute atomic E-state index is 12.4. The molecule has 1 aromatic carbocycles. The average Bonchev–Trinajstić information content (AvgIpc) is 3.21. The first-order valence-electron chi connectivity index (χ1n) is 10.2. The van der Waals surface area contributed by atoms with Crippen LogP contribution in [0.15, 0.2) is 49.2 Å². The zero-order valence-electron chi connectivity index (χ0n) is 17.5. The highest BCUT2D eigenvalue weighted by Crippen LogP contribution is 2.40. The highest BCUT2D eigenvalue weighted by molar-refractivity contribution is 5.94. The van der Waals surface area contributed by atoms with Crippen molar-refractivity contribution in [2.75, 3.05) is 23.8 Å². The van der Waals surface area contributed by atoms with Gasteiger partial charge < -0.3 is 15.5 Å². The molecule has 30 heavy (non-hydrogen) atoms. The molecule has 0 fully saturated rings. The van der Waals surface area contributed by atoms with Gasteiger partial charge in [0.15, 0.2) is 0 Å². The molecule has 0 saturated carbocycles. The minimum absolute atomic E-state index is 0.0292. The minimum Gasteiger partial charge on any atom is -0.362 e. The molecule has 0 saturated heterocycles. The highest BCUT2D eigenvalue weighted by atomic mass is 16.2. The summed E-state index contributed by atoms with van der Waals surface area (Å²) in [5.41, 5.74) is 4.15. The van der Waals surface area contributed by atoms with Gasteiger partial charge in [-0.3, -0.25) is 14.5 Å². The number of hydrogen-bond donors (Lipinski definition) is 2. The maximum atomic E-state index is 12.4. The summed E-state index contributed by atoms with van der Waals surface area (Å²) in [4.78, 5) is 22.8. The van der Waals surface area contributed by atoms with E-state index in [1.54, 1.807) is 25.5 Å². The van der Waals surface area contributed by atoms with Crippen molar-refractivity contribution in [1.29, 1.82) is 0 Å². The number of aromatic nitrogens is 4. The van der Waals surface area contributed by atoms with E-state index in [9.17, 15) is 4.79 Å². The van der Waals surface area contributed by atoms with Crippen LogP contribution in [0.2, 0.25) is 0 Å². The van der Waals surface area contributed by atoms with E-state index in [0.717, 1.165) is 47.7 Å². The SMILES string of the molecule is CNCCn1cc(-c2ccc3c(c2)[C@H](Nc2cnccn2)C[C@H](C)N3C(C)=O)cn1. The lowest BCUT2D eigenvalue weighted by molar-refractivity contribution is -0.117. The van der Waals surface area contributed by atoms with Crippen molar-refractivity contribution in [3.63, 3.8) is 0 Å². The topological polar surface area (TPSA) is 88.0 Å². The van der Waals surface area contributed by atoms with Crippen molar-refractivity contribution >= 4 is 17.4 Å². The van der Waals surface area contributed by atoms with Crippen LogP contribution in [0, 0.1) is 0 Å². The summed E-state index contributed by atoms with van der Waals surface area (Å²) in [5.74, 6) is 0.775. The molecule has 0 spiro atoms. The summed E-state index contributed by atoms with van der Waals surface area (Å²) in [5, 5.41) is 11.1. The third-order valence-corrected chi connectivity index (χ3v) is 5.46. The Bertz CT molecular complexity index is 1020. The van der Waals surface area contributed by atoms with Gasteiger partial charge in [-0.15, -0.1) is 0 Å². The molecule has 1 amide bonds. The number of hydrogen-bond acceptors (Lipinski definition) is 6. The van der Waals surface area contributed by atoms with Crippen LogP contribution in [0.25, 0.3) is 11.1 Å². The average molecular weight is 406 g/mol. The standard InChI is InChI=1S/C22H27N7O/c1-15-10-20(27-22-13-24-6-7-25-22)19-11-17(4-5-21(19)29(15)16(2)30)18-12-26-28(14-18)9-8-23-3/h4-7,11-15,20,23H,8-10H2,1-3H3,(H,25,27)/t15-,20+/m0/s1. The van der Waals surface area contributed by atoms with Crippen LogP contribution in [0.5, 0.6) is 0 Å². The molecule has 2 atom stereocenters. The monoisotopic (exact) mass is 405 g/mol. The Labute approximate surface area is 176 Å². The number of carbonyl (C=O) groups is 1. The smallest absolute Gasteiger partial charge is 0.224 e. The molecule has 156 valence electrons. The zero-order chi connectivity index (χ0) is 21.1. The molecule has 2 N–H and O–H groups in total. The second-order valence-electron chi connectivity index (χ2n) is 7.63. The number of fused-ring (bicyclic) bond motifs is 1. The Morgan fingerprint density at radius 1 is 1.23 bits per heavy atom. The molecule has 0 radical (unpaired) electrons. The predicted octanol–water partition coefficient (Wildman–Crippen LogP) is 2.86. The first-order valence-corrected chi connectivity index (χ1v) is 10.2. The van der Waals surface area contributed by atoms with E-state index in [-0.39, 0.29) is 18.0 Å². The summed E-state index contributed by atoms with van der Waals surface area (Å²) in [7, 11) is 1.93. The first-order chi connectivity index (χ1) is 14.6. The second-order valence-corrected chi connectivity index (χ2v) is 7.63. The van der Waals surface area contributed by atoms with Crippen molar-refractivity contribution < 1.29 is 4.79 Å². The van der Waals surface area contributed by atoms with Crippen molar-refractivity contribution in [3.05, 3.63) is 54.7 Å². The summed E-state index contributed by atoms with van der Waals surface area (Å²) < 4.78 is 1.94. The Balaban J connectivity index is 1.71. The maximum Gasteiger partial charge on any atom is 0.224 e. The van der Waals surface area contributed by atoms with Gasteiger partial charge in [-0.05, 0) is 43.7 Å². The molecule has 3 aromatic rings. The van der Waals surface area contributed by atoms with Gasteiger partial charge in [0.05, 0.1) is 25.0 Å². The molecule has 3 heterocycles. The molecule has 0 unspecified atom stereocenters. The van der Waals surface area contributed by atoms with Crippen LogP contribution in [0.4, 0.5) is 11.5 Å². The van der Waals surface area contributed by atoms with Gasteiger partial charge in [0.25, 0.3) is 0 Å². The van der Waals surface area contributed by atoms with Crippen molar-refractivity contribution in [2.45, 2.75) is 38.9 Å². The minimum atomic E-state index is 0.0292. The quantitative estimate of drug-likeness (QED) is 0.656. The number of amides is 1. The number of rotatable bonds is 6. The molecule has 0 aliphatic carbocycles. The molecule has 0 bridgehead atoms. The molecule has 8 nitrogen and oxygen atoms in total. The summed E-state index contributed by atoms with van der Waals surface area (Å²) >= 11 is 0. The number of nitrogens with zero attached hydrogens (tertiary/aromatic N) is 5. The second kappa shape index (κ2) is 8.62. The highest BCUT2D eigenvalue weighted by Gasteiger charge is 2.32. The van der Waals surface area contributed by atoms with Gasteiger partial charge in [-0.1, -0.05) is 6.07 Å². The largest absolute Gasteiger partial charge is 0.362 e. The van der Waals surface area contributed by atoms with Crippen LogP contribution in [0.3, 0.4) is 0 Å². The van der Waals surface area contributed by atoms with Crippen LogP contribution in [0.1, 0.15) is 31.9 Å². The fraction of sp³-hybridized carbons (Fsp3) is 0.364. The van der Waals surface area contributed by atoms with E-state index in [1.165, 1.54) is 0 Å². The molecule has 1 aliphatic rings. The van der Waals surface area contributed by atoms with E-state index >= 15 is 0 Å². The van der Waals surface area contributed by atoms with E-state index in [4.69, 9.17) is 0 Å². The van der Waals surface area contributed by atoms with E-state index in [2.05, 4.69) is 51.0 Å². The molecule has 1 aliphatic heterocycles. The van der Waals surface area contributed by atoms with Gasteiger partial charge >= 0.3 is 0 Å². The zero-order valence-corrected chi connectivity index (χ0v) is 17.5. The Hall–Kier alpha value is -3.26. The van der Waals surface area contributed by atoms with Gasteiger partial charge in [-0.2, -0.15) is 5.10 Å². The van der Waals surface area contributed by atoms with Crippen LogP contribution < -0.4 is 15.5 Å².